The van der Waals surface area contributed by atoms with Crippen molar-refractivity contribution in [3.8, 4) is 0 Å². The van der Waals surface area contributed by atoms with E-state index in [2.05, 4.69) is 5.32 Å². The molecule has 5 N–H and O–H groups in total. The summed E-state index contributed by atoms with van der Waals surface area (Å²) in [5.74, 6) is -0.447. The monoisotopic (exact) mass is 235 g/mol. The maximum absolute atomic E-state index is 11.3. The van der Waals surface area contributed by atoms with Crippen molar-refractivity contribution in [1.82, 2.24) is 5.32 Å². The third-order valence-corrected chi connectivity index (χ3v) is 3.34. The average molecular weight is 235 g/mol. The molecule has 0 aromatic carbocycles. The molecule has 88 valence electrons. The molecule has 1 aliphatic rings. The number of primary sulfonamides is 1. The molecule has 15 heavy (non-hydrogen) atoms. The normalized spacial score (nSPS) is 19.3. The van der Waals surface area contributed by atoms with Crippen LogP contribution in [0.3, 0.4) is 0 Å². The highest BCUT2D eigenvalue weighted by Crippen LogP contribution is 2.31. The van der Waals surface area contributed by atoms with Crippen LogP contribution in [0.15, 0.2) is 0 Å². The van der Waals surface area contributed by atoms with Gasteiger partial charge in [-0.1, -0.05) is 0 Å². The number of carbonyl (C=O) groups is 1. The van der Waals surface area contributed by atoms with Gasteiger partial charge in [0.25, 0.3) is 0 Å². The standard InChI is InChI=1S/C8H17N3O3S/c9-8(2-1-3-8)6-7(12)11-4-5-15(10,13)14/h1-6,9H2,(H,11,12)(H2,10,13,14). The molecule has 7 heteroatoms. The number of carbonyl (C=O) groups excluding carboxylic acids is 1. The second kappa shape index (κ2) is 4.46. The van der Waals surface area contributed by atoms with Gasteiger partial charge in [0.05, 0.1) is 5.75 Å². The Morgan fingerprint density at radius 2 is 2.00 bits per heavy atom. The van der Waals surface area contributed by atoms with Gasteiger partial charge in [-0.3, -0.25) is 4.79 Å². The second-order valence-electron chi connectivity index (χ2n) is 4.11. The number of hydrogen-bond donors (Lipinski definition) is 3. The molecular formula is C8H17N3O3S. The van der Waals surface area contributed by atoms with Gasteiger partial charge in [-0.15, -0.1) is 0 Å². The summed E-state index contributed by atoms with van der Waals surface area (Å²) in [6.07, 6.45) is 3.03. The van der Waals surface area contributed by atoms with Gasteiger partial charge in [0, 0.05) is 18.5 Å². The number of amides is 1. The quantitative estimate of drug-likeness (QED) is 0.547. The Bertz CT molecular complexity index is 335. The summed E-state index contributed by atoms with van der Waals surface area (Å²) in [5.41, 5.74) is 5.49. The summed E-state index contributed by atoms with van der Waals surface area (Å²) >= 11 is 0. The van der Waals surface area contributed by atoms with Crippen molar-refractivity contribution in [1.29, 1.82) is 0 Å². The van der Waals surface area contributed by atoms with E-state index >= 15 is 0 Å². The van der Waals surface area contributed by atoms with Gasteiger partial charge in [-0.25, -0.2) is 13.6 Å². The van der Waals surface area contributed by atoms with Crippen LogP contribution >= 0.6 is 0 Å². The molecular weight excluding hydrogens is 218 g/mol. The fraction of sp³-hybridized carbons (Fsp3) is 0.875. The Labute approximate surface area is 89.4 Å². The molecule has 0 aromatic heterocycles. The van der Waals surface area contributed by atoms with E-state index in [-0.39, 0.29) is 30.2 Å². The van der Waals surface area contributed by atoms with Crippen molar-refractivity contribution >= 4 is 15.9 Å². The summed E-state index contributed by atoms with van der Waals surface area (Å²) in [5, 5.41) is 7.27. The lowest BCUT2D eigenvalue weighted by Crippen LogP contribution is -2.50. The Balaban J connectivity index is 2.19. The predicted octanol–water partition coefficient (Wildman–Crippen LogP) is -1.34. The molecule has 0 bridgehead atoms. The van der Waals surface area contributed by atoms with Gasteiger partial charge in [0.1, 0.15) is 0 Å². The minimum atomic E-state index is -3.50. The Morgan fingerprint density at radius 1 is 1.40 bits per heavy atom. The Morgan fingerprint density at radius 3 is 2.40 bits per heavy atom. The first-order chi connectivity index (χ1) is 6.81. The SMILES string of the molecule is NC1(CC(=O)NCCS(N)(=O)=O)CCC1. The number of nitrogens with one attached hydrogen (secondary N) is 1. The van der Waals surface area contributed by atoms with E-state index in [1.807, 2.05) is 0 Å². The molecule has 0 spiro atoms. The van der Waals surface area contributed by atoms with Crippen molar-refractivity contribution in [3.63, 3.8) is 0 Å². The molecule has 1 saturated carbocycles. The Kier molecular flexibility index (Phi) is 3.69. The molecule has 0 radical (unpaired) electrons. The van der Waals surface area contributed by atoms with Gasteiger partial charge in [-0.2, -0.15) is 0 Å². The van der Waals surface area contributed by atoms with Gasteiger partial charge < -0.3 is 11.1 Å². The van der Waals surface area contributed by atoms with E-state index in [9.17, 15) is 13.2 Å². The summed E-state index contributed by atoms with van der Waals surface area (Å²) in [6, 6.07) is 0. The van der Waals surface area contributed by atoms with E-state index in [0.29, 0.717) is 0 Å². The highest BCUT2D eigenvalue weighted by atomic mass is 32.2. The molecule has 0 saturated heterocycles. The second-order valence-corrected chi connectivity index (χ2v) is 5.84. The van der Waals surface area contributed by atoms with E-state index in [1.54, 1.807) is 0 Å². The molecule has 0 aliphatic heterocycles. The molecule has 0 aromatic rings. The van der Waals surface area contributed by atoms with E-state index in [4.69, 9.17) is 10.9 Å². The van der Waals surface area contributed by atoms with E-state index in [1.165, 1.54) is 0 Å². The predicted molar refractivity (Wildman–Crippen MR) is 56.4 cm³/mol. The molecule has 1 rings (SSSR count). The van der Waals surface area contributed by atoms with Crippen LogP contribution in [0.1, 0.15) is 25.7 Å². The number of rotatable bonds is 5. The minimum Gasteiger partial charge on any atom is -0.355 e. The minimum absolute atomic E-state index is 0.0494. The van der Waals surface area contributed by atoms with Crippen LogP contribution in [0, 0.1) is 0 Å². The number of sulfonamides is 1. The molecule has 0 unspecified atom stereocenters. The third kappa shape index (κ3) is 4.59. The Hall–Kier alpha value is -0.660. The van der Waals surface area contributed by atoms with Gasteiger partial charge in [0.15, 0.2) is 0 Å². The molecule has 1 aliphatic carbocycles. The van der Waals surface area contributed by atoms with Crippen LogP contribution in [0.2, 0.25) is 0 Å². The smallest absolute Gasteiger partial charge is 0.221 e. The van der Waals surface area contributed by atoms with E-state index < -0.39 is 10.0 Å². The highest BCUT2D eigenvalue weighted by molar-refractivity contribution is 7.89. The van der Waals surface area contributed by atoms with Gasteiger partial charge in [0.2, 0.25) is 15.9 Å². The van der Waals surface area contributed by atoms with Crippen molar-refractivity contribution in [3.05, 3.63) is 0 Å². The number of nitrogens with two attached hydrogens (primary N) is 2. The van der Waals surface area contributed by atoms with Crippen molar-refractivity contribution < 1.29 is 13.2 Å². The molecule has 0 heterocycles. The summed E-state index contributed by atoms with van der Waals surface area (Å²) in [4.78, 5) is 11.3. The fourth-order valence-electron chi connectivity index (χ4n) is 1.52. The zero-order chi connectivity index (χ0) is 11.5. The van der Waals surface area contributed by atoms with Crippen LogP contribution < -0.4 is 16.2 Å². The lowest BCUT2D eigenvalue weighted by molar-refractivity contribution is -0.122. The largest absolute Gasteiger partial charge is 0.355 e. The lowest BCUT2D eigenvalue weighted by Gasteiger charge is -2.37. The van der Waals surface area contributed by atoms with Crippen LogP contribution in [0.4, 0.5) is 0 Å². The molecule has 0 atom stereocenters. The van der Waals surface area contributed by atoms with Crippen LogP contribution in [0.5, 0.6) is 0 Å². The van der Waals surface area contributed by atoms with Crippen LogP contribution in [-0.2, 0) is 14.8 Å². The molecule has 6 nitrogen and oxygen atoms in total. The number of hydrogen-bond acceptors (Lipinski definition) is 4. The summed E-state index contributed by atoms with van der Waals surface area (Å²) in [6.45, 7) is 0.0494. The van der Waals surface area contributed by atoms with Crippen molar-refractivity contribution in [2.75, 3.05) is 12.3 Å². The highest BCUT2D eigenvalue weighted by Gasteiger charge is 2.34. The summed E-state index contributed by atoms with van der Waals surface area (Å²) < 4.78 is 21.1. The van der Waals surface area contributed by atoms with E-state index in [0.717, 1.165) is 19.3 Å². The average Bonchev–Trinajstić information content (AvgIpc) is 1.98. The van der Waals surface area contributed by atoms with Crippen LogP contribution in [0.25, 0.3) is 0 Å². The first kappa shape index (κ1) is 12.4. The zero-order valence-corrected chi connectivity index (χ0v) is 9.35. The maximum atomic E-state index is 11.3. The van der Waals surface area contributed by atoms with Crippen molar-refractivity contribution in [2.45, 2.75) is 31.2 Å². The maximum Gasteiger partial charge on any atom is 0.221 e. The molecule has 1 fully saturated rings. The first-order valence-corrected chi connectivity index (χ1v) is 6.58. The van der Waals surface area contributed by atoms with Gasteiger partial charge >= 0.3 is 0 Å². The third-order valence-electron chi connectivity index (χ3n) is 2.57. The van der Waals surface area contributed by atoms with Crippen molar-refractivity contribution in [2.24, 2.45) is 10.9 Å². The van der Waals surface area contributed by atoms with Crippen LogP contribution in [-0.4, -0.2) is 32.2 Å². The zero-order valence-electron chi connectivity index (χ0n) is 8.53. The fourth-order valence-corrected chi connectivity index (χ4v) is 1.91. The molecule has 1 amide bonds. The first-order valence-electron chi connectivity index (χ1n) is 4.87. The van der Waals surface area contributed by atoms with Gasteiger partial charge in [-0.05, 0) is 19.3 Å². The lowest BCUT2D eigenvalue weighted by atomic mass is 9.75. The topological polar surface area (TPSA) is 115 Å². The summed E-state index contributed by atoms with van der Waals surface area (Å²) in [7, 11) is -3.50.